The lowest BCUT2D eigenvalue weighted by molar-refractivity contribution is 0.0946. The fraction of sp³-hybridized carbons (Fsp3) is 0.417. The Morgan fingerprint density at radius 2 is 2.10 bits per heavy atom. The zero-order chi connectivity index (χ0) is 16.0. The van der Waals surface area contributed by atoms with Crippen LogP contribution >= 0.6 is 26.6 Å². The highest BCUT2D eigenvalue weighted by Crippen LogP contribution is 2.26. The summed E-state index contributed by atoms with van der Waals surface area (Å²) in [6.45, 7) is 0.896. The van der Waals surface area contributed by atoms with E-state index in [4.69, 9.17) is 15.4 Å². The van der Waals surface area contributed by atoms with Crippen LogP contribution in [0, 0.1) is 5.82 Å². The van der Waals surface area contributed by atoms with Crippen LogP contribution in [0.3, 0.4) is 0 Å². The van der Waals surface area contributed by atoms with E-state index >= 15 is 0 Å². The highest BCUT2D eigenvalue weighted by atomic mass is 79.9. The predicted molar refractivity (Wildman–Crippen MR) is 80.6 cm³/mol. The standard InChI is InChI=1S/C12H14BrClFNO4S/c1-20-5-3-2-4-16-12(17)9-6-8(13)7-10(11(9)15)21(14,18)19/h6-7H,2-5H2,1H3,(H,16,17). The summed E-state index contributed by atoms with van der Waals surface area (Å²) >= 11 is 3.02. The molecule has 0 heterocycles. The molecule has 0 radical (unpaired) electrons. The highest BCUT2D eigenvalue weighted by molar-refractivity contribution is 9.10. The van der Waals surface area contributed by atoms with E-state index in [9.17, 15) is 17.6 Å². The van der Waals surface area contributed by atoms with Gasteiger partial charge in [0.1, 0.15) is 4.90 Å². The molecule has 1 aromatic rings. The molecule has 0 atom stereocenters. The molecule has 0 unspecified atom stereocenters. The van der Waals surface area contributed by atoms with Crippen LogP contribution in [0.15, 0.2) is 21.5 Å². The molecule has 118 valence electrons. The molecule has 1 aromatic carbocycles. The molecule has 0 aromatic heterocycles. The van der Waals surface area contributed by atoms with Crippen molar-refractivity contribution in [3.63, 3.8) is 0 Å². The molecule has 0 bridgehead atoms. The fourth-order valence-corrected chi connectivity index (χ4v) is 3.11. The van der Waals surface area contributed by atoms with Gasteiger partial charge in [0.15, 0.2) is 5.82 Å². The van der Waals surface area contributed by atoms with Crippen LogP contribution in [0.25, 0.3) is 0 Å². The summed E-state index contributed by atoms with van der Waals surface area (Å²) in [6.07, 6.45) is 1.41. The molecule has 0 spiro atoms. The van der Waals surface area contributed by atoms with Gasteiger partial charge < -0.3 is 10.1 Å². The molecule has 1 N–H and O–H groups in total. The molecule has 0 saturated heterocycles. The Hall–Kier alpha value is -0.700. The summed E-state index contributed by atoms with van der Waals surface area (Å²) in [6, 6.07) is 2.21. The maximum absolute atomic E-state index is 14.1. The van der Waals surface area contributed by atoms with Crippen molar-refractivity contribution in [2.75, 3.05) is 20.3 Å². The number of benzene rings is 1. The van der Waals surface area contributed by atoms with Crippen LogP contribution in [-0.2, 0) is 13.8 Å². The average Bonchev–Trinajstić information content (AvgIpc) is 2.39. The normalized spacial score (nSPS) is 11.4. The van der Waals surface area contributed by atoms with Gasteiger partial charge in [-0.05, 0) is 25.0 Å². The summed E-state index contributed by atoms with van der Waals surface area (Å²) in [5.41, 5.74) is -0.379. The van der Waals surface area contributed by atoms with E-state index in [0.717, 1.165) is 12.5 Å². The maximum Gasteiger partial charge on any atom is 0.264 e. The third-order valence-electron chi connectivity index (χ3n) is 2.57. The first kappa shape index (κ1) is 18.3. The maximum atomic E-state index is 14.1. The Morgan fingerprint density at radius 3 is 2.67 bits per heavy atom. The predicted octanol–water partition coefficient (Wildman–Crippen LogP) is 2.67. The van der Waals surface area contributed by atoms with Gasteiger partial charge in [-0.3, -0.25) is 4.79 Å². The lowest BCUT2D eigenvalue weighted by Crippen LogP contribution is -2.26. The minimum Gasteiger partial charge on any atom is -0.385 e. The van der Waals surface area contributed by atoms with Crippen molar-refractivity contribution in [3.05, 3.63) is 28.0 Å². The van der Waals surface area contributed by atoms with E-state index in [0.29, 0.717) is 19.6 Å². The van der Waals surface area contributed by atoms with Gasteiger partial charge in [-0.25, -0.2) is 12.8 Å². The first-order chi connectivity index (χ1) is 9.77. The molecule has 21 heavy (non-hydrogen) atoms. The number of halogens is 3. The van der Waals surface area contributed by atoms with Gasteiger partial charge in [0.05, 0.1) is 5.56 Å². The molecular weight excluding hydrogens is 389 g/mol. The first-order valence-corrected chi connectivity index (χ1v) is 9.08. The molecule has 0 saturated carbocycles. The summed E-state index contributed by atoms with van der Waals surface area (Å²) in [5, 5.41) is 2.51. The van der Waals surface area contributed by atoms with Crippen molar-refractivity contribution in [2.24, 2.45) is 0 Å². The smallest absolute Gasteiger partial charge is 0.264 e. The summed E-state index contributed by atoms with van der Waals surface area (Å²) < 4.78 is 41.7. The lowest BCUT2D eigenvalue weighted by atomic mass is 10.2. The van der Waals surface area contributed by atoms with Crippen LogP contribution < -0.4 is 5.32 Å². The summed E-state index contributed by atoms with van der Waals surface area (Å²) in [7, 11) is 2.44. The van der Waals surface area contributed by atoms with Gasteiger partial charge in [0.25, 0.3) is 15.0 Å². The van der Waals surface area contributed by atoms with Gasteiger partial charge in [-0.15, -0.1) is 0 Å². The van der Waals surface area contributed by atoms with Crippen molar-refractivity contribution in [1.82, 2.24) is 5.32 Å². The quantitative estimate of drug-likeness (QED) is 0.562. The lowest BCUT2D eigenvalue weighted by Gasteiger charge is -2.09. The molecule has 0 aliphatic carbocycles. The molecule has 1 rings (SSSR count). The van der Waals surface area contributed by atoms with Gasteiger partial charge in [0.2, 0.25) is 0 Å². The molecule has 9 heteroatoms. The van der Waals surface area contributed by atoms with E-state index in [2.05, 4.69) is 21.2 Å². The van der Waals surface area contributed by atoms with Crippen molar-refractivity contribution >= 4 is 41.6 Å². The van der Waals surface area contributed by atoms with Gasteiger partial charge in [-0.2, -0.15) is 0 Å². The Bertz CT molecular complexity index is 624. The molecule has 0 aliphatic heterocycles. The topological polar surface area (TPSA) is 72.5 Å². The number of amides is 1. The highest BCUT2D eigenvalue weighted by Gasteiger charge is 2.23. The van der Waals surface area contributed by atoms with Crippen LogP contribution in [0.5, 0.6) is 0 Å². The Kier molecular flexibility index (Phi) is 7.05. The molecule has 0 aliphatic rings. The van der Waals surface area contributed by atoms with E-state index < -0.39 is 25.7 Å². The van der Waals surface area contributed by atoms with Crippen molar-refractivity contribution in [3.8, 4) is 0 Å². The number of hydrogen-bond acceptors (Lipinski definition) is 4. The second-order valence-electron chi connectivity index (χ2n) is 4.16. The average molecular weight is 403 g/mol. The number of rotatable bonds is 7. The van der Waals surface area contributed by atoms with Gasteiger partial charge >= 0.3 is 0 Å². The van der Waals surface area contributed by atoms with E-state index in [1.54, 1.807) is 7.11 Å². The minimum absolute atomic E-state index is 0.243. The number of methoxy groups -OCH3 is 1. The SMILES string of the molecule is COCCCCNC(=O)c1cc(Br)cc(S(=O)(=O)Cl)c1F. The first-order valence-electron chi connectivity index (χ1n) is 5.98. The van der Waals surface area contributed by atoms with Crippen molar-refractivity contribution < 1.29 is 22.3 Å². The third-order valence-corrected chi connectivity index (χ3v) is 4.35. The number of unbranched alkanes of at least 4 members (excludes halogenated alkanes) is 1. The van der Waals surface area contributed by atoms with Crippen LogP contribution in [-0.4, -0.2) is 34.6 Å². The number of nitrogens with one attached hydrogen (secondary N) is 1. The van der Waals surface area contributed by atoms with E-state index in [1.165, 1.54) is 6.07 Å². The Balaban J connectivity index is 2.88. The molecule has 1 amide bonds. The van der Waals surface area contributed by atoms with Crippen molar-refractivity contribution in [2.45, 2.75) is 17.7 Å². The number of carbonyl (C=O) groups is 1. The number of carbonyl (C=O) groups excluding carboxylic acids is 1. The summed E-state index contributed by atoms with van der Waals surface area (Å²) in [4.78, 5) is 11.2. The zero-order valence-corrected chi connectivity index (χ0v) is 14.3. The monoisotopic (exact) mass is 401 g/mol. The third kappa shape index (κ3) is 5.54. The Labute approximate surface area is 135 Å². The Morgan fingerprint density at radius 1 is 1.43 bits per heavy atom. The molecule has 0 fully saturated rings. The van der Waals surface area contributed by atoms with Crippen LogP contribution in [0.1, 0.15) is 23.2 Å². The number of ether oxygens (including phenoxy) is 1. The van der Waals surface area contributed by atoms with Crippen LogP contribution in [0.2, 0.25) is 0 Å². The molecule has 5 nitrogen and oxygen atoms in total. The number of hydrogen-bond donors (Lipinski definition) is 1. The fourth-order valence-electron chi connectivity index (χ4n) is 1.58. The zero-order valence-electron chi connectivity index (χ0n) is 11.2. The summed E-state index contributed by atoms with van der Waals surface area (Å²) in [5.74, 6) is -1.87. The molecular formula is C12H14BrClFNO4S. The second-order valence-corrected chi connectivity index (χ2v) is 7.61. The minimum atomic E-state index is -4.27. The van der Waals surface area contributed by atoms with Gasteiger partial charge in [-0.1, -0.05) is 15.9 Å². The van der Waals surface area contributed by atoms with Crippen LogP contribution in [0.4, 0.5) is 4.39 Å². The van der Waals surface area contributed by atoms with E-state index in [1.807, 2.05) is 0 Å². The van der Waals surface area contributed by atoms with Crippen molar-refractivity contribution in [1.29, 1.82) is 0 Å². The second kappa shape index (κ2) is 8.07. The largest absolute Gasteiger partial charge is 0.385 e. The van der Waals surface area contributed by atoms with Gasteiger partial charge in [0, 0.05) is 35.4 Å². The van der Waals surface area contributed by atoms with E-state index in [-0.39, 0.29) is 10.0 Å².